The van der Waals surface area contributed by atoms with E-state index in [9.17, 15) is 8.78 Å². The number of hydrogen-bond acceptors (Lipinski definition) is 2. The van der Waals surface area contributed by atoms with Crippen molar-refractivity contribution >= 4 is 29.1 Å². The van der Waals surface area contributed by atoms with Gasteiger partial charge in [0.25, 0.3) is 5.76 Å². The fourth-order valence-electron chi connectivity index (χ4n) is 0.709. The van der Waals surface area contributed by atoms with Crippen LogP contribution in [-0.4, -0.2) is 5.76 Å². The molecule has 1 aromatic rings. The fraction of sp³-hybridized carbons (Fsp3) is 0.143. The van der Waals surface area contributed by atoms with Gasteiger partial charge >= 0.3 is 0 Å². The van der Waals surface area contributed by atoms with E-state index in [1.165, 1.54) is 18.2 Å². The Morgan fingerprint density at radius 3 is 2.58 bits per heavy atom. The average molecular weight is 210 g/mol. The molecule has 0 radical (unpaired) electrons. The molecule has 0 aliphatic carbocycles. The number of benzene rings is 1. The first-order valence-electron chi connectivity index (χ1n) is 3.09. The Balaban J connectivity index is 2.86. The van der Waals surface area contributed by atoms with Crippen LogP contribution in [0.1, 0.15) is 0 Å². The van der Waals surface area contributed by atoms with E-state index in [-0.39, 0.29) is 5.02 Å². The molecule has 0 saturated carbocycles. The lowest BCUT2D eigenvalue weighted by molar-refractivity contribution is 0.252. The molecule has 0 fully saturated rings. The third kappa shape index (κ3) is 2.53. The van der Waals surface area contributed by atoms with E-state index < -0.39 is 5.76 Å². The van der Waals surface area contributed by atoms with Gasteiger partial charge in [-0.25, -0.2) is 0 Å². The van der Waals surface area contributed by atoms with Gasteiger partial charge in [0, 0.05) is 10.6 Å². The molecule has 0 saturated heterocycles. The molecule has 1 aromatic carbocycles. The molecule has 0 bridgehead atoms. The van der Waals surface area contributed by atoms with E-state index in [0.717, 1.165) is 0 Å². The molecule has 0 unspecified atom stereocenters. The van der Waals surface area contributed by atoms with Crippen molar-refractivity contribution in [2.45, 2.75) is 10.7 Å². The summed E-state index contributed by atoms with van der Waals surface area (Å²) >= 11 is 6.05. The smallest absolute Gasteiger partial charge is 0.288 e. The summed E-state index contributed by atoms with van der Waals surface area (Å²) in [7, 11) is 0. The largest absolute Gasteiger partial charge is 0.399 e. The molecule has 1 nitrogen and oxygen atoms in total. The van der Waals surface area contributed by atoms with E-state index in [2.05, 4.69) is 0 Å². The molecular weight excluding hydrogens is 204 g/mol. The molecular formula is C7H6ClF2NS. The van der Waals surface area contributed by atoms with Gasteiger partial charge < -0.3 is 5.73 Å². The normalized spacial score (nSPS) is 10.7. The zero-order valence-corrected chi connectivity index (χ0v) is 7.50. The summed E-state index contributed by atoms with van der Waals surface area (Å²) in [6.45, 7) is 0. The highest BCUT2D eigenvalue weighted by atomic mass is 35.5. The predicted molar refractivity (Wildman–Crippen MR) is 47.7 cm³/mol. The summed E-state index contributed by atoms with van der Waals surface area (Å²) in [5.41, 5.74) is 5.85. The maximum Gasteiger partial charge on any atom is 0.288 e. The Bertz CT molecular complexity index is 280. The van der Waals surface area contributed by atoms with Crippen LogP contribution in [-0.2, 0) is 0 Å². The molecule has 0 atom stereocenters. The van der Waals surface area contributed by atoms with Crippen molar-refractivity contribution in [3.05, 3.63) is 23.2 Å². The number of hydrogen-bond donors (Lipinski definition) is 1. The highest BCUT2D eigenvalue weighted by Gasteiger charge is 2.08. The lowest BCUT2D eigenvalue weighted by atomic mass is 10.3. The van der Waals surface area contributed by atoms with Crippen molar-refractivity contribution in [3.8, 4) is 0 Å². The highest BCUT2D eigenvalue weighted by Crippen LogP contribution is 2.32. The van der Waals surface area contributed by atoms with E-state index in [1.807, 2.05) is 0 Å². The topological polar surface area (TPSA) is 26.0 Å². The summed E-state index contributed by atoms with van der Waals surface area (Å²) in [6.07, 6.45) is 0. The number of nitrogen functional groups attached to an aromatic ring is 1. The lowest BCUT2D eigenvalue weighted by Crippen LogP contribution is -1.86. The minimum absolute atomic E-state index is 0.264. The maximum atomic E-state index is 11.9. The van der Waals surface area contributed by atoms with Crippen LogP contribution in [0.2, 0.25) is 5.02 Å². The van der Waals surface area contributed by atoms with Gasteiger partial charge in [-0.3, -0.25) is 0 Å². The van der Waals surface area contributed by atoms with Crippen molar-refractivity contribution in [2.24, 2.45) is 0 Å². The van der Waals surface area contributed by atoms with Gasteiger partial charge in [-0.05, 0) is 18.2 Å². The van der Waals surface area contributed by atoms with Crippen LogP contribution < -0.4 is 5.73 Å². The molecule has 66 valence electrons. The molecule has 2 N–H and O–H groups in total. The van der Waals surface area contributed by atoms with Crippen molar-refractivity contribution in [2.75, 3.05) is 5.73 Å². The monoisotopic (exact) mass is 209 g/mol. The first-order chi connectivity index (χ1) is 5.59. The van der Waals surface area contributed by atoms with E-state index in [4.69, 9.17) is 17.3 Å². The first kappa shape index (κ1) is 9.61. The van der Waals surface area contributed by atoms with Gasteiger partial charge in [0.15, 0.2) is 0 Å². The third-order valence-corrected chi connectivity index (χ3v) is 2.38. The quantitative estimate of drug-likeness (QED) is 0.598. The second kappa shape index (κ2) is 3.96. The molecule has 0 spiro atoms. The van der Waals surface area contributed by atoms with E-state index in [1.54, 1.807) is 0 Å². The second-order valence-corrected chi connectivity index (χ2v) is 3.51. The standard InChI is InChI=1S/C7H6ClF2NS/c8-5-3-4(11)1-2-6(5)12-7(9)10/h1-3,7H,11H2. The number of rotatable bonds is 2. The maximum absolute atomic E-state index is 11.9. The summed E-state index contributed by atoms with van der Waals surface area (Å²) in [5.74, 6) is -2.45. The minimum atomic E-state index is -2.45. The molecule has 0 aliphatic heterocycles. The Morgan fingerprint density at radius 2 is 2.08 bits per heavy atom. The zero-order valence-electron chi connectivity index (χ0n) is 5.93. The van der Waals surface area contributed by atoms with Crippen molar-refractivity contribution in [1.82, 2.24) is 0 Å². The van der Waals surface area contributed by atoms with Crippen molar-refractivity contribution < 1.29 is 8.78 Å². The summed E-state index contributed by atoms with van der Waals surface area (Å²) in [5, 5.41) is 0.264. The number of anilines is 1. The SMILES string of the molecule is Nc1ccc(SC(F)F)c(Cl)c1. The van der Waals surface area contributed by atoms with Gasteiger partial charge in [0.2, 0.25) is 0 Å². The van der Waals surface area contributed by atoms with Crippen LogP contribution in [0.3, 0.4) is 0 Å². The van der Waals surface area contributed by atoms with Crippen LogP contribution >= 0.6 is 23.4 Å². The molecule has 0 aromatic heterocycles. The number of halogens is 3. The van der Waals surface area contributed by atoms with E-state index >= 15 is 0 Å². The van der Waals surface area contributed by atoms with Gasteiger partial charge in [-0.15, -0.1) is 0 Å². The Kier molecular flexibility index (Phi) is 3.17. The van der Waals surface area contributed by atoms with Crippen molar-refractivity contribution in [3.63, 3.8) is 0 Å². The molecule has 0 amide bonds. The predicted octanol–water partition coefficient (Wildman–Crippen LogP) is 3.24. The Morgan fingerprint density at radius 1 is 1.42 bits per heavy atom. The van der Waals surface area contributed by atoms with Gasteiger partial charge in [-0.2, -0.15) is 8.78 Å². The molecule has 0 heterocycles. The van der Waals surface area contributed by atoms with Crippen LogP contribution in [0.5, 0.6) is 0 Å². The van der Waals surface area contributed by atoms with Crippen LogP contribution in [0.4, 0.5) is 14.5 Å². The lowest BCUT2D eigenvalue weighted by Gasteiger charge is -2.02. The third-order valence-electron chi connectivity index (χ3n) is 1.17. The average Bonchev–Trinajstić information content (AvgIpc) is 1.94. The van der Waals surface area contributed by atoms with Crippen molar-refractivity contribution in [1.29, 1.82) is 0 Å². The summed E-state index contributed by atoms with van der Waals surface area (Å²) in [4.78, 5) is 0.348. The van der Waals surface area contributed by atoms with Crippen LogP contribution in [0, 0.1) is 0 Å². The first-order valence-corrected chi connectivity index (χ1v) is 4.35. The number of thioether (sulfide) groups is 1. The van der Waals surface area contributed by atoms with Gasteiger partial charge in [-0.1, -0.05) is 23.4 Å². The minimum Gasteiger partial charge on any atom is -0.399 e. The van der Waals surface area contributed by atoms with E-state index in [0.29, 0.717) is 22.3 Å². The summed E-state index contributed by atoms with van der Waals surface area (Å²) in [6, 6.07) is 4.47. The van der Waals surface area contributed by atoms with Gasteiger partial charge in [0.1, 0.15) is 0 Å². The number of nitrogens with two attached hydrogens (primary N) is 1. The molecule has 5 heteroatoms. The Labute approximate surface area is 77.9 Å². The molecule has 0 aliphatic rings. The molecule has 1 rings (SSSR count). The fourth-order valence-corrected chi connectivity index (χ4v) is 1.54. The Hall–Kier alpha value is -0.480. The van der Waals surface area contributed by atoms with Crippen LogP contribution in [0.25, 0.3) is 0 Å². The van der Waals surface area contributed by atoms with Crippen LogP contribution in [0.15, 0.2) is 23.1 Å². The van der Waals surface area contributed by atoms with Gasteiger partial charge in [0.05, 0.1) is 5.02 Å². The summed E-state index contributed by atoms with van der Waals surface area (Å²) < 4.78 is 23.7. The highest BCUT2D eigenvalue weighted by molar-refractivity contribution is 7.99. The second-order valence-electron chi connectivity index (χ2n) is 2.07. The molecule has 12 heavy (non-hydrogen) atoms. The number of alkyl halides is 2. The zero-order chi connectivity index (χ0) is 9.14.